The maximum atomic E-state index is 12.6. The number of hydrogen-bond acceptors (Lipinski definition) is 3. The van der Waals surface area contributed by atoms with Crippen LogP contribution in [0.3, 0.4) is 0 Å². The highest BCUT2D eigenvalue weighted by Gasteiger charge is 2.21. The number of carbonyl (C=O) groups is 1. The van der Waals surface area contributed by atoms with Crippen LogP contribution in [0.2, 0.25) is 0 Å². The van der Waals surface area contributed by atoms with E-state index in [4.69, 9.17) is 0 Å². The van der Waals surface area contributed by atoms with Crippen LogP contribution in [0.1, 0.15) is 25.7 Å². The highest BCUT2D eigenvalue weighted by molar-refractivity contribution is 8.00. The van der Waals surface area contributed by atoms with Crippen molar-refractivity contribution in [3.63, 3.8) is 0 Å². The summed E-state index contributed by atoms with van der Waals surface area (Å²) >= 11 is 1.55. The Kier molecular flexibility index (Phi) is 5.35. The van der Waals surface area contributed by atoms with Crippen LogP contribution in [0.15, 0.2) is 71.6 Å². The third-order valence-electron chi connectivity index (χ3n) is 4.78. The number of fused-ring (bicyclic) bond motifs is 2. The molecule has 0 saturated carbocycles. The van der Waals surface area contributed by atoms with E-state index < -0.39 is 0 Å². The molecule has 1 atom stereocenters. The van der Waals surface area contributed by atoms with E-state index in [1.807, 2.05) is 36.4 Å². The molecule has 1 aromatic heterocycles. The molecule has 1 amide bonds. The van der Waals surface area contributed by atoms with E-state index in [2.05, 4.69) is 59.5 Å². The van der Waals surface area contributed by atoms with Crippen LogP contribution in [-0.2, 0) is 4.79 Å². The molecule has 142 valence electrons. The van der Waals surface area contributed by atoms with E-state index in [0.29, 0.717) is 5.75 Å². The van der Waals surface area contributed by atoms with Gasteiger partial charge < -0.3 is 10.3 Å². The molecule has 0 bridgehead atoms. The summed E-state index contributed by atoms with van der Waals surface area (Å²) in [5.41, 5.74) is 1.91. The van der Waals surface area contributed by atoms with E-state index >= 15 is 0 Å². The lowest BCUT2D eigenvalue weighted by Gasteiger charge is -2.20. The molecule has 0 aliphatic heterocycles. The van der Waals surface area contributed by atoms with Gasteiger partial charge in [-0.1, -0.05) is 56.3 Å². The molecule has 4 rings (SSSR count). The minimum Gasteiger partial charge on any atom is -0.345 e. The fourth-order valence-electron chi connectivity index (χ4n) is 3.29. The van der Waals surface area contributed by atoms with Crippen molar-refractivity contribution in [2.24, 2.45) is 5.92 Å². The van der Waals surface area contributed by atoms with E-state index in [0.717, 1.165) is 21.8 Å². The second kappa shape index (κ2) is 8.07. The predicted octanol–water partition coefficient (Wildman–Crippen LogP) is 5.32. The fraction of sp³-hybridized carbons (Fsp3) is 0.217. The third-order valence-corrected chi connectivity index (χ3v) is 5.77. The van der Waals surface area contributed by atoms with Crippen LogP contribution in [0.5, 0.6) is 0 Å². The molecule has 28 heavy (non-hydrogen) atoms. The fourth-order valence-corrected chi connectivity index (χ4v) is 4.05. The summed E-state index contributed by atoms with van der Waals surface area (Å²) in [5, 5.41) is 5.55. The summed E-state index contributed by atoms with van der Waals surface area (Å²) < 4.78 is 0. The second-order valence-corrected chi connectivity index (χ2v) is 8.27. The van der Waals surface area contributed by atoms with Crippen molar-refractivity contribution in [2.45, 2.75) is 24.8 Å². The standard InChI is InChI=1S/C23H23N3OS/c1-15(2)22(23-24-19-9-5-6-10-20(19)25-23)26-21(27)14-28-18-12-11-16-7-3-4-8-17(16)13-18/h3-13,15,22H,14H2,1-2H3,(H,24,25)(H,26,27)/t22-/m0/s1. The lowest BCUT2D eigenvalue weighted by atomic mass is 10.0. The van der Waals surface area contributed by atoms with Crippen LogP contribution in [0, 0.1) is 5.92 Å². The van der Waals surface area contributed by atoms with Crippen molar-refractivity contribution in [3.8, 4) is 0 Å². The average molecular weight is 390 g/mol. The van der Waals surface area contributed by atoms with Crippen LogP contribution < -0.4 is 5.32 Å². The van der Waals surface area contributed by atoms with Crippen LogP contribution >= 0.6 is 11.8 Å². The smallest absolute Gasteiger partial charge is 0.230 e. The van der Waals surface area contributed by atoms with Gasteiger partial charge >= 0.3 is 0 Å². The molecular formula is C23H23N3OS. The Balaban J connectivity index is 1.44. The Hall–Kier alpha value is -2.79. The summed E-state index contributed by atoms with van der Waals surface area (Å²) in [7, 11) is 0. The molecule has 2 N–H and O–H groups in total. The van der Waals surface area contributed by atoms with Gasteiger partial charge in [-0.05, 0) is 41.0 Å². The normalized spacial score (nSPS) is 12.5. The maximum Gasteiger partial charge on any atom is 0.230 e. The van der Waals surface area contributed by atoms with Crippen LogP contribution in [-0.4, -0.2) is 21.6 Å². The van der Waals surface area contributed by atoms with Gasteiger partial charge in [0, 0.05) is 4.90 Å². The van der Waals surface area contributed by atoms with Crippen molar-refractivity contribution < 1.29 is 4.79 Å². The number of rotatable bonds is 6. The molecule has 1 heterocycles. The molecule has 0 radical (unpaired) electrons. The monoisotopic (exact) mass is 389 g/mol. The van der Waals surface area contributed by atoms with E-state index in [9.17, 15) is 4.79 Å². The summed E-state index contributed by atoms with van der Waals surface area (Å²) in [5.74, 6) is 1.43. The summed E-state index contributed by atoms with van der Waals surface area (Å²) in [6, 6.07) is 22.3. The van der Waals surface area contributed by atoms with Crippen LogP contribution in [0.4, 0.5) is 0 Å². The lowest BCUT2D eigenvalue weighted by Crippen LogP contribution is -2.33. The molecule has 0 fully saturated rings. The molecular weight excluding hydrogens is 366 g/mol. The Morgan fingerprint density at radius 1 is 1.04 bits per heavy atom. The number of aromatic nitrogens is 2. The SMILES string of the molecule is CC(C)[C@H](NC(=O)CSc1ccc2ccccc2c1)c1nc2ccccc2[nH]1. The maximum absolute atomic E-state index is 12.6. The molecule has 0 unspecified atom stereocenters. The quantitative estimate of drug-likeness (QED) is 0.439. The highest BCUT2D eigenvalue weighted by atomic mass is 32.2. The first-order valence-electron chi connectivity index (χ1n) is 9.46. The molecule has 0 saturated heterocycles. The topological polar surface area (TPSA) is 57.8 Å². The number of thioether (sulfide) groups is 1. The third kappa shape index (κ3) is 4.04. The van der Waals surface area contributed by atoms with Gasteiger partial charge in [-0.15, -0.1) is 11.8 Å². The molecule has 4 aromatic rings. The number of H-pyrrole nitrogens is 1. The summed E-state index contributed by atoms with van der Waals surface area (Å²) in [6.45, 7) is 4.18. The zero-order chi connectivity index (χ0) is 19.5. The number of hydrogen-bond donors (Lipinski definition) is 2. The van der Waals surface area contributed by atoms with Gasteiger partial charge in [0.2, 0.25) is 5.91 Å². The first kappa shape index (κ1) is 18.6. The Morgan fingerprint density at radius 2 is 1.79 bits per heavy atom. The number of nitrogens with one attached hydrogen (secondary N) is 2. The van der Waals surface area contributed by atoms with Gasteiger partial charge in [0.1, 0.15) is 5.82 Å². The van der Waals surface area contributed by atoms with Crippen molar-refractivity contribution in [3.05, 3.63) is 72.6 Å². The van der Waals surface area contributed by atoms with Gasteiger partial charge in [0.15, 0.2) is 0 Å². The van der Waals surface area contributed by atoms with Gasteiger partial charge in [0.05, 0.1) is 22.8 Å². The van der Waals surface area contributed by atoms with E-state index in [1.165, 1.54) is 10.8 Å². The zero-order valence-corrected chi connectivity index (χ0v) is 16.8. The minimum absolute atomic E-state index is 0.0114. The largest absolute Gasteiger partial charge is 0.345 e. The Labute approximate surface area is 168 Å². The van der Waals surface area contributed by atoms with Gasteiger partial charge in [-0.3, -0.25) is 4.79 Å². The minimum atomic E-state index is -0.142. The molecule has 0 aliphatic carbocycles. The van der Waals surface area contributed by atoms with E-state index in [1.54, 1.807) is 11.8 Å². The van der Waals surface area contributed by atoms with E-state index in [-0.39, 0.29) is 17.9 Å². The first-order chi connectivity index (χ1) is 13.6. The van der Waals surface area contributed by atoms with Gasteiger partial charge in [-0.25, -0.2) is 4.98 Å². The molecule has 3 aromatic carbocycles. The number of carbonyl (C=O) groups excluding carboxylic acids is 1. The number of aromatic amines is 1. The number of nitrogens with zero attached hydrogens (tertiary/aromatic N) is 1. The van der Waals surface area contributed by atoms with Gasteiger partial charge in [0.25, 0.3) is 0 Å². The van der Waals surface area contributed by atoms with Crippen molar-refractivity contribution >= 4 is 39.5 Å². The Morgan fingerprint density at radius 3 is 2.57 bits per heavy atom. The zero-order valence-electron chi connectivity index (χ0n) is 16.0. The van der Waals surface area contributed by atoms with Crippen molar-refractivity contribution in [1.29, 1.82) is 0 Å². The predicted molar refractivity (Wildman–Crippen MR) is 116 cm³/mol. The molecule has 0 aliphatic rings. The summed E-state index contributed by atoms with van der Waals surface area (Å²) in [6.07, 6.45) is 0. The molecule has 5 heteroatoms. The van der Waals surface area contributed by atoms with Crippen molar-refractivity contribution in [1.82, 2.24) is 15.3 Å². The molecule has 0 spiro atoms. The number of para-hydroxylation sites is 2. The Bertz CT molecular complexity index is 1090. The van der Waals surface area contributed by atoms with Gasteiger partial charge in [-0.2, -0.15) is 0 Å². The lowest BCUT2D eigenvalue weighted by molar-refractivity contribution is -0.119. The average Bonchev–Trinajstić information content (AvgIpc) is 3.14. The number of imidazole rings is 1. The summed E-state index contributed by atoms with van der Waals surface area (Å²) in [4.78, 5) is 21.7. The van der Waals surface area contributed by atoms with Crippen molar-refractivity contribution in [2.75, 3.05) is 5.75 Å². The number of benzene rings is 3. The number of amides is 1. The van der Waals surface area contributed by atoms with Crippen LogP contribution in [0.25, 0.3) is 21.8 Å². The molecule has 4 nitrogen and oxygen atoms in total. The highest BCUT2D eigenvalue weighted by Crippen LogP contribution is 2.25. The first-order valence-corrected chi connectivity index (χ1v) is 10.4. The second-order valence-electron chi connectivity index (χ2n) is 7.23.